The highest BCUT2D eigenvalue weighted by Gasteiger charge is 2.10. The van der Waals surface area contributed by atoms with Crippen molar-refractivity contribution in [2.75, 3.05) is 19.5 Å². The standard InChI is InChI=1S/C15H19ClN2O2/c1-4-18-7-5-6-11(18)10-17-13-8-12(16)14(19-2)9-15(13)20-3/h5-9,17H,4,10H2,1-3H3. The van der Waals surface area contributed by atoms with E-state index >= 15 is 0 Å². The van der Waals surface area contributed by atoms with E-state index in [-0.39, 0.29) is 0 Å². The maximum absolute atomic E-state index is 6.15. The first-order valence-corrected chi connectivity index (χ1v) is 6.86. The summed E-state index contributed by atoms with van der Waals surface area (Å²) in [5, 5.41) is 3.90. The molecule has 5 heteroatoms. The molecule has 0 aliphatic heterocycles. The van der Waals surface area contributed by atoms with Gasteiger partial charge < -0.3 is 19.4 Å². The molecular formula is C15H19ClN2O2. The van der Waals surface area contributed by atoms with Gasteiger partial charge >= 0.3 is 0 Å². The fourth-order valence-corrected chi connectivity index (χ4v) is 2.34. The molecule has 0 saturated heterocycles. The number of halogens is 1. The summed E-state index contributed by atoms with van der Waals surface area (Å²) in [7, 11) is 3.21. The number of hydrogen-bond donors (Lipinski definition) is 1. The Hall–Kier alpha value is -1.81. The summed E-state index contributed by atoms with van der Waals surface area (Å²) in [6, 6.07) is 7.73. The zero-order valence-corrected chi connectivity index (χ0v) is 12.7. The number of aryl methyl sites for hydroxylation is 1. The van der Waals surface area contributed by atoms with Gasteiger partial charge in [-0.3, -0.25) is 0 Å². The zero-order valence-electron chi connectivity index (χ0n) is 11.9. The lowest BCUT2D eigenvalue weighted by Crippen LogP contribution is -2.07. The Labute approximate surface area is 124 Å². The number of ether oxygens (including phenoxy) is 2. The Balaban J connectivity index is 2.18. The van der Waals surface area contributed by atoms with Gasteiger partial charge in [-0.1, -0.05) is 11.6 Å². The summed E-state index contributed by atoms with van der Waals surface area (Å²) >= 11 is 6.15. The lowest BCUT2D eigenvalue weighted by Gasteiger charge is -2.14. The van der Waals surface area contributed by atoms with Crippen LogP contribution in [-0.4, -0.2) is 18.8 Å². The minimum absolute atomic E-state index is 0.557. The van der Waals surface area contributed by atoms with Crippen LogP contribution in [0, 0.1) is 0 Å². The molecule has 4 nitrogen and oxygen atoms in total. The number of hydrogen-bond acceptors (Lipinski definition) is 3. The van der Waals surface area contributed by atoms with E-state index in [1.54, 1.807) is 20.3 Å². The Morgan fingerprint density at radius 1 is 1.20 bits per heavy atom. The van der Waals surface area contributed by atoms with Gasteiger partial charge in [0.05, 0.1) is 31.5 Å². The first kappa shape index (κ1) is 14.6. The van der Waals surface area contributed by atoms with E-state index in [0.29, 0.717) is 23.1 Å². The second-order valence-corrected chi connectivity index (χ2v) is 4.73. The second kappa shape index (κ2) is 6.57. The summed E-state index contributed by atoms with van der Waals surface area (Å²) in [5.74, 6) is 1.31. The molecule has 0 amide bonds. The molecule has 0 aliphatic rings. The highest BCUT2D eigenvalue weighted by atomic mass is 35.5. The molecule has 20 heavy (non-hydrogen) atoms. The van der Waals surface area contributed by atoms with Gasteiger partial charge in [-0.05, 0) is 25.1 Å². The zero-order chi connectivity index (χ0) is 14.5. The molecule has 1 aromatic carbocycles. The minimum atomic E-state index is 0.557. The van der Waals surface area contributed by atoms with Gasteiger partial charge in [0, 0.05) is 24.5 Å². The van der Waals surface area contributed by atoms with Crippen LogP contribution in [0.1, 0.15) is 12.6 Å². The van der Waals surface area contributed by atoms with Crippen molar-refractivity contribution >= 4 is 17.3 Å². The molecule has 1 N–H and O–H groups in total. The topological polar surface area (TPSA) is 35.4 Å². The molecule has 0 bridgehead atoms. The molecule has 0 radical (unpaired) electrons. The van der Waals surface area contributed by atoms with Crippen LogP contribution in [-0.2, 0) is 13.1 Å². The molecule has 0 spiro atoms. The quantitative estimate of drug-likeness (QED) is 0.880. The van der Waals surface area contributed by atoms with Crippen molar-refractivity contribution in [1.29, 1.82) is 0 Å². The Kier molecular flexibility index (Phi) is 4.79. The Morgan fingerprint density at radius 2 is 1.95 bits per heavy atom. The fraction of sp³-hybridized carbons (Fsp3) is 0.333. The molecule has 2 rings (SSSR count). The first-order chi connectivity index (χ1) is 9.69. The van der Waals surface area contributed by atoms with Crippen molar-refractivity contribution in [3.05, 3.63) is 41.2 Å². The molecule has 0 unspecified atom stereocenters. The average molecular weight is 295 g/mol. The Bertz CT molecular complexity index is 581. The van der Waals surface area contributed by atoms with Crippen molar-refractivity contribution in [3.8, 4) is 11.5 Å². The number of nitrogens with zero attached hydrogens (tertiary/aromatic N) is 1. The summed E-state index contributed by atoms with van der Waals surface area (Å²) < 4.78 is 12.7. The van der Waals surface area contributed by atoms with Gasteiger partial charge in [0.25, 0.3) is 0 Å². The first-order valence-electron chi connectivity index (χ1n) is 6.49. The summed E-state index contributed by atoms with van der Waals surface area (Å²) in [6.45, 7) is 3.78. The minimum Gasteiger partial charge on any atom is -0.495 e. The fourth-order valence-electron chi connectivity index (χ4n) is 2.10. The van der Waals surface area contributed by atoms with Crippen molar-refractivity contribution in [1.82, 2.24) is 4.57 Å². The predicted molar refractivity (Wildman–Crippen MR) is 82.0 cm³/mol. The smallest absolute Gasteiger partial charge is 0.145 e. The van der Waals surface area contributed by atoms with E-state index in [1.165, 1.54) is 5.69 Å². The van der Waals surface area contributed by atoms with Gasteiger partial charge in [-0.25, -0.2) is 0 Å². The molecule has 2 aromatic rings. The molecule has 108 valence electrons. The normalized spacial score (nSPS) is 10.4. The van der Waals surface area contributed by atoms with E-state index in [1.807, 2.05) is 12.1 Å². The van der Waals surface area contributed by atoms with Gasteiger partial charge in [-0.15, -0.1) is 0 Å². The third-order valence-corrected chi connectivity index (χ3v) is 3.49. The van der Waals surface area contributed by atoms with E-state index in [4.69, 9.17) is 21.1 Å². The van der Waals surface area contributed by atoms with E-state index in [0.717, 1.165) is 12.2 Å². The Morgan fingerprint density at radius 3 is 2.60 bits per heavy atom. The van der Waals surface area contributed by atoms with E-state index in [9.17, 15) is 0 Å². The number of anilines is 1. The van der Waals surface area contributed by atoms with Crippen molar-refractivity contribution < 1.29 is 9.47 Å². The van der Waals surface area contributed by atoms with Gasteiger partial charge in [0.1, 0.15) is 11.5 Å². The van der Waals surface area contributed by atoms with Crippen molar-refractivity contribution in [2.45, 2.75) is 20.0 Å². The van der Waals surface area contributed by atoms with Crippen LogP contribution in [0.3, 0.4) is 0 Å². The van der Waals surface area contributed by atoms with Gasteiger partial charge in [0.2, 0.25) is 0 Å². The number of aromatic nitrogens is 1. The average Bonchev–Trinajstić information content (AvgIpc) is 2.92. The number of nitrogens with one attached hydrogen (secondary N) is 1. The summed E-state index contributed by atoms with van der Waals surface area (Å²) in [4.78, 5) is 0. The lowest BCUT2D eigenvalue weighted by atomic mass is 10.2. The molecule has 1 heterocycles. The SMILES string of the molecule is CCn1cccc1CNc1cc(Cl)c(OC)cc1OC. The largest absolute Gasteiger partial charge is 0.495 e. The van der Waals surface area contributed by atoms with Crippen LogP contribution in [0.5, 0.6) is 11.5 Å². The number of rotatable bonds is 6. The maximum atomic E-state index is 6.15. The van der Waals surface area contributed by atoms with Crippen LogP contribution in [0.2, 0.25) is 5.02 Å². The molecule has 0 atom stereocenters. The summed E-state index contributed by atoms with van der Waals surface area (Å²) in [6.07, 6.45) is 2.06. The van der Waals surface area contributed by atoms with Crippen LogP contribution in [0.4, 0.5) is 5.69 Å². The monoisotopic (exact) mass is 294 g/mol. The molecule has 0 saturated carbocycles. The molecular weight excluding hydrogens is 276 g/mol. The van der Waals surface area contributed by atoms with E-state index in [2.05, 4.69) is 29.1 Å². The highest BCUT2D eigenvalue weighted by Crippen LogP contribution is 2.36. The molecule has 0 fully saturated rings. The van der Waals surface area contributed by atoms with Crippen LogP contribution < -0.4 is 14.8 Å². The highest BCUT2D eigenvalue weighted by molar-refractivity contribution is 6.32. The molecule has 1 aromatic heterocycles. The van der Waals surface area contributed by atoms with Crippen molar-refractivity contribution in [2.24, 2.45) is 0 Å². The van der Waals surface area contributed by atoms with Gasteiger partial charge in [0.15, 0.2) is 0 Å². The van der Waals surface area contributed by atoms with Crippen molar-refractivity contribution in [3.63, 3.8) is 0 Å². The van der Waals surface area contributed by atoms with Crippen LogP contribution >= 0.6 is 11.6 Å². The van der Waals surface area contributed by atoms with E-state index < -0.39 is 0 Å². The lowest BCUT2D eigenvalue weighted by molar-refractivity contribution is 0.395. The van der Waals surface area contributed by atoms with Crippen LogP contribution in [0.15, 0.2) is 30.5 Å². The summed E-state index contributed by atoms with van der Waals surface area (Å²) in [5.41, 5.74) is 2.06. The molecule has 0 aliphatic carbocycles. The predicted octanol–water partition coefficient (Wildman–Crippen LogP) is 3.79. The third-order valence-electron chi connectivity index (χ3n) is 3.20. The third kappa shape index (κ3) is 3.02. The maximum Gasteiger partial charge on any atom is 0.145 e. The second-order valence-electron chi connectivity index (χ2n) is 4.33. The number of benzene rings is 1. The number of methoxy groups -OCH3 is 2. The van der Waals surface area contributed by atoms with Crippen LogP contribution in [0.25, 0.3) is 0 Å². The van der Waals surface area contributed by atoms with Gasteiger partial charge in [-0.2, -0.15) is 0 Å².